The van der Waals surface area contributed by atoms with Crippen LogP contribution in [0.1, 0.15) is 22.7 Å². The van der Waals surface area contributed by atoms with Crippen LogP contribution in [0.3, 0.4) is 0 Å². The van der Waals surface area contributed by atoms with Gasteiger partial charge in [-0.05, 0) is 58.5 Å². The fourth-order valence-corrected chi connectivity index (χ4v) is 4.91. The monoisotopic (exact) mass is 415 g/mol. The van der Waals surface area contributed by atoms with Crippen LogP contribution < -0.4 is 10.2 Å². The molecule has 1 fully saturated rings. The van der Waals surface area contributed by atoms with Gasteiger partial charge in [-0.1, -0.05) is 24.3 Å². The molecule has 1 aromatic carbocycles. The SMILES string of the molecule is S=C1N[C@H](c2ccccn2)[C@H](c2cc(Br)cs2)N1c1ccccc1. The van der Waals surface area contributed by atoms with E-state index in [0.29, 0.717) is 0 Å². The number of thiophene rings is 1. The highest BCUT2D eigenvalue weighted by Crippen LogP contribution is 2.43. The number of aromatic nitrogens is 1. The minimum atomic E-state index is 0.0180. The molecule has 24 heavy (non-hydrogen) atoms. The third-order valence-electron chi connectivity index (χ3n) is 4.01. The smallest absolute Gasteiger partial charge is 0.174 e. The van der Waals surface area contributed by atoms with Gasteiger partial charge in [0, 0.05) is 26.6 Å². The number of nitrogens with one attached hydrogen (secondary N) is 1. The molecule has 6 heteroatoms. The van der Waals surface area contributed by atoms with E-state index in [-0.39, 0.29) is 12.1 Å². The molecule has 1 N–H and O–H groups in total. The molecule has 0 bridgehead atoms. The summed E-state index contributed by atoms with van der Waals surface area (Å²) in [5, 5.41) is 6.30. The lowest BCUT2D eigenvalue weighted by atomic mass is 10.0. The third-order valence-corrected chi connectivity index (χ3v) is 6.09. The quantitative estimate of drug-likeness (QED) is 0.603. The second kappa shape index (κ2) is 6.63. The van der Waals surface area contributed by atoms with E-state index < -0.39 is 0 Å². The number of para-hydroxylation sites is 1. The van der Waals surface area contributed by atoms with Gasteiger partial charge in [-0.2, -0.15) is 0 Å². The second-order valence-corrected chi connectivity index (χ2v) is 7.74. The fourth-order valence-electron chi connectivity index (χ4n) is 2.99. The Bertz CT molecular complexity index is 851. The molecule has 3 nitrogen and oxygen atoms in total. The van der Waals surface area contributed by atoms with Crippen LogP contribution in [0, 0.1) is 0 Å². The van der Waals surface area contributed by atoms with Crippen molar-refractivity contribution < 1.29 is 0 Å². The molecule has 4 rings (SSSR count). The van der Waals surface area contributed by atoms with Crippen LogP contribution in [0.5, 0.6) is 0 Å². The summed E-state index contributed by atoms with van der Waals surface area (Å²) in [6, 6.07) is 18.5. The number of thiocarbonyl (C=S) groups is 1. The minimum Gasteiger partial charge on any atom is -0.351 e. The van der Waals surface area contributed by atoms with Crippen LogP contribution in [0.25, 0.3) is 0 Å². The number of nitrogens with zero attached hydrogens (tertiary/aromatic N) is 2. The van der Waals surface area contributed by atoms with Gasteiger partial charge in [0.1, 0.15) is 0 Å². The molecule has 0 saturated carbocycles. The molecule has 1 aliphatic heterocycles. The molecule has 0 unspecified atom stereocenters. The molecule has 120 valence electrons. The van der Waals surface area contributed by atoms with Crippen LogP contribution in [-0.4, -0.2) is 10.1 Å². The van der Waals surface area contributed by atoms with Crippen molar-refractivity contribution in [2.75, 3.05) is 4.90 Å². The summed E-state index contributed by atoms with van der Waals surface area (Å²) in [4.78, 5) is 7.98. The fraction of sp³-hybridized carbons (Fsp3) is 0.111. The lowest BCUT2D eigenvalue weighted by molar-refractivity contribution is 0.575. The van der Waals surface area contributed by atoms with E-state index in [4.69, 9.17) is 12.2 Å². The van der Waals surface area contributed by atoms with Crippen molar-refractivity contribution in [2.24, 2.45) is 0 Å². The molecule has 0 radical (unpaired) electrons. The van der Waals surface area contributed by atoms with Crippen molar-refractivity contribution in [2.45, 2.75) is 12.1 Å². The molecule has 1 saturated heterocycles. The first kappa shape index (κ1) is 15.7. The van der Waals surface area contributed by atoms with E-state index in [9.17, 15) is 0 Å². The number of rotatable bonds is 3. The highest BCUT2D eigenvalue weighted by molar-refractivity contribution is 9.10. The first-order valence-electron chi connectivity index (χ1n) is 7.53. The largest absolute Gasteiger partial charge is 0.351 e. The van der Waals surface area contributed by atoms with Gasteiger partial charge in [-0.3, -0.25) is 4.98 Å². The molecular weight excluding hydrogens is 402 g/mol. The standard InChI is InChI=1S/C18H14BrN3S2/c19-12-10-15(24-11-12)17-16(14-8-4-5-9-20-14)21-18(23)22(17)13-6-2-1-3-7-13/h1-11,16-17H,(H,21,23)/t16-,17+/m1/s1. The van der Waals surface area contributed by atoms with E-state index in [1.165, 1.54) is 4.88 Å². The van der Waals surface area contributed by atoms with Crippen LogP contribution in [0.15, 0.2) is 70.6 Å². The third kappa shape index (κ3) is 2.85. The highest BCUT2D eigenvalue weighted by atomic mass is 79.9. The maximum atomic E-state index is 5.66. The van der Waals surface area contributed by atoms with E-state index in [2.05, 4.69) is 54.7 Å². The topological polar surface area (TPSA) is 28.2 Å². The summed E-state index contributed by atoms with van der Waals surface area (Å²) < 4.78 is 1.09. The van der Waals surface area contributed by atoms with Gasteiger partial charge in [-0.25, -0.2) is 0 Å². The van der Waals surface area contributed by atoms with E-state index in [1.807, 2.05) is 42.6 Å². The van der Waals surface area contributed by atoms with Crippen molar-refractivity contribution in [3.8, 4) is 0 Å². The molecule has 1 aliphatic rings. The van der Waals surface area contributed by atoms with Gasteiger partial charge in [0.25, 0.3) is 0 Å². The maximum absolute atomic E-state index is 5.66. The molecular formula is C18H14BrN3S2. The number of halogens is 1. The highest BCUT2D eigenvalue weighted by Gasteiger charge is 2.41. The number of benzene rings is 1. The zero-order chi connectivity index (χ0) is 16.5. The maximum Gasteiger partial charge on any atom is 0.174 e. The Hall–Kier alpha value is -1.76. The van der Waals surface area contributed by atoms with Crippen molar-refractivity contribution in [1.82, 2.24) is 10.3 Å². The molecule has 3 aromatic rings. The predicted molar refractivity (Wildman–Crippen MR) is 106 cm³/mol. The number of hydrogen-bond donors (Lipinski definition) is 1. The van der Waals surface area contributed by atoms with Gasteiger partial charge in [0.2, 0.25) is 0 Å². The number of pyridine rings is 1. The summed E-state index contributed by atoms with van der Waals surface area (Å²) in [6.07, 6.45) is 1.83. The minimum absolute atomic E-state index is 0.0180. The molecule has 3 heterocycles. The van der Waals surface area contributed by atoms with Gasteiger partial charge in [0.15, 0.2) is 5.11 Å². The summed E-state index contributed by atoms with van der Waals surface area (Å²) in [5.74, 6) is 0. The average molecular weight is 416 g/mol. The van der Waals surface area contributed by atoms with E-state index in [1.54, 1.807) is 11.3 Å². The Morgan fingerprint density at radius 3 is 2.58 bits per heavy atom. The Balaban J connectivity index is 1.82. The van der Waals surface area contributed by atoms with Crippen molar-refractivity contribution in [3.05, 3.63) is 81.2 Å². The Morgan fingerprint density at radius 2 is 1.92 bits per heavy atom. The molecule has 2 aromatic heterocycles. The van der Waals surface area contributed by atoms with Gasteiger partial charge in [0.05, 0.1) is 17.8 Å². The summed E-state index contributed by atoms with van der Waals surface area (Å²) >= 11 is 11.0. The summed E-state index contributed by atoms with van der Waals surface area (Å²) in [6.45, 7) is 0. The van der Waals surface area contributed by atoms with Gasteiger partial charge in [-0.15, -0.1) is 11.3 Å². The normalized spacial score (nSPS) is 20.2. The summed E-state index contributed by atoms with van der Waals surface area (Å²) in [5.41, 5.74) is 2.08. The van der Waals surface area contributed by atoms with E-state index in [0.717, 1.165) is 21.0 Å². The average Bonchev–Trinajstić information content (AvgIpc) is 3.19. The first-order valence-corrected chi connectivity index (χ1v) is 9.62. The molecule has 0 spiro atoms. The molecule has 0 aliphatic carbocycles. The summed E-state index contributed by atoms with van der Waals surface area (Å²) in [7, 11) is 0. The zero-order valence-corrected chi connectivity index (χ0v) is 15.8. The molecule has 2 atom stereocenters. The Labute approximate surface area is 158 Å². The number of hydrogen-bond acceptors (Lipinski definition) is 3. The van der Waals surface area contributed by atoms with Gasteiger partial charge >= 0.3 is 0 Å². The second-order valence-electron chi connectivity index (χ2n) is 5.50. The van der Waals surface area contributed by atoms with Crippen LogP contribution >= 0.6 is 39.5 Å². The Morgan fingerprint density at radius 1 is 1.12 bits per heavy atom. The zero-order valence-electron chi connectivity index (χ0n) is 12.6. The Kier molecular flexibility index (Phi) is 4.35. The lowest BCUT2D eigenvalue weighted by Gasteiger charge is -2.26. The van der Waals surface area contributed by atoms with Crippen LogP contribution in [0.2, 0.25) is 0 Å². The van der Waals surface area contributed by atoms with Crippen molar-refractivity contribution >= 4 is 50.3 Å². The molecule has 0 amide bonds. The first-order chi connectivity index (χ1) is 11.7. The van der Waals surface area contributed by atoms with Crippen LogP contribution in [0.4, 0.5) is 5.69 Å². The van der Waals surface area contributed by atoms with Crippen molar-refractivity contribution in [1.29, 1.82) is 0 Å². The van der Waals surface area contributed by atoms with Crippen LogP contribution in [-0.2, 0) is 0 Å². The number of anilines is 1. The predicted octanol–water partition coefficient (Wildman–Crippen LogP) is 5.08. The van der Waals surface area contributed by atoms with Crippen molar-refractivity contribution in [3.63, 3.8) is 0 Å². The lowest BCUT2D eigenvalue weighted by Crippen LogP contribution is -2.28. The van der Waals surface area contributed by atoms with E-state index >= 15 is 0 Å². The van der Waals surface area contributed by atoms with Gasteiger partial charge < -0.3 is 10.2 Å².